The number of methoxy groups -OCH3 is 1. The molecule has 0 aromatic heterocycles. The summed E-state index contributed by atoms with van der Waals surface area (Å²) in [7, 11) is 3.72. The molecule has 1 aliphatic heterocycles. The number of ether oxygens (including phenoxy) is 2. The predicted molar refractivity (Wildman–Crippen MR) is 68.9 cm³/mol. The highest BCUT2D eigenvalue weighted by Crippen LogP contribution is 2.28. The van der Waals surface area contributed by atoms with Gasteiger partial charge in [-0.3, -0.25) is 0 Å². The topological polar surface area (TPSA) is 45.5 Å². The highest BCUT2D eigenvalue weighted by molar-refractivity contribution is 5.46. The molecule has 0 aliphatic carbocycles. The number of likely N-dealkylation sites (N-methyl/N-ethyl adjacent to an activating group) is 1. The van der Waals surface area contributed by atoms with E-state index in [1.54, 1.807) is 25.3 Å². The van der Waals surface area contributed by atoms with Crippen LogP contribution in [0.25, 0.3) is 0 Å². The fraction of sp³-hybridized carbons (Fsp3) is 0.500. The van der Waals surface area contributed by atoms with Crippen molar-refractivity contribution in [3.05, 3.63) is 23.8 Å². The molecule has 2 rings (SSSR count). The van der Waals surface area contributed by atoms with Gasteiger partial charge < -0.3 is 14.4 Å². The summed E-state index contributed by atoms with van der Waals surface area (Å²) in [5.41, 5.74) is 0.588. The lowest BCUT2D eigenvalue weighted by Crippen LogP contribution is -2.30. The highest BCUT2D eigenvalue weighted by Gasteiger charge is 2.21. The Morgan fingerprint density at radius 2 is 2.28 bits per heavy atom. The Balaban J connectivity index is 2.05. The summed E-state index contributed by atoms with van der Waals surface area (Å²) in [6.45, 7) is 1.77. The zero-order valence-corrected chi connectivity index (χ0v) is 10.8. The first kappa shape index (κ1) is 12.7. The zero-order chi connectivity index (χ0) is 13.0. The largest absolute Gasteiger partial charge is 0.493 e. The summed E-state index contributed by atoms with van der Waals surface area (Å²) >= 11 is 0. The zero-order valence-electron chi connectivity index (χ0n) is 10.8. The third-order valence-corrected chi connectivity index (χ3v) is 3.40. The maximum atomic E-state index is 8.89. The quantitative estimate of drug-likeness (QED) is 0.815. The Morgan fingerprint density at radius 3 is 2.89 bits per heavy atom. The summed E-state index contributed by atoms with van der Waals surface area (Å²) in [5, 5.41) is 8.89. The number of rotatable bonds is 4. The molecule has 0 bridgehead atoms. The van der Waals surface area contributed by atoms with Crippen LogP contribution in [0, 0.1) is 11.3 Å². The van der Waals surface area contributed by atoms with Crippen molar-refractivity contribution in [1.82, 2.24) is 4.90 Å². The Morgan fingerprint density at radius 1 is 1.44 bits per heavy atom. The molecule has 18 heavy (non-hydrogen) atoms. The van der Waals surface area contributed by atoms with Gasteiger partial charge >= 0.3 is 0 Å². The second-order valence-electron chi connectivity index (χ2n) is 4.57. The normalized spacial score (nSPS) is 19.5. The third kappa shape index (κ3) is 2.74. The van der Waals surface area contributed by atoms with Gasteiger partial charge in [-0.15, -0.1) is 0 Å². The molecule has 1 saturated heterocycles. The third-order valence-electron chi connectivity index (χ3n) is 3.40. The molecule has 0 spiro atoms. The van der Waals surface area contributed by atoms with Gasteiger partial charge in [0.2, 0.25) is 0 Å². The first-order chi connectivity index (χ1) is 8.74. The molecule has 1 aromatic rings. The SMILES string of the molecule is COc1ccc(C#N)cc1OCC1CCCN1C. The number of benzene rings is 1. The van der Waals surface area contributed by atoms with Gasteiger partial charge in [0.05, 0.1) is 18.7 Å². The summed E-state index contributed by atoms with van der Waals surface area (Å²) in [5.74, 6) is 1.33. The minimum atomic E-state index is 0.459. The summed E-state index contributed by atoms with van der Waals surface area (Å²) < 4.78 is 11.0. The molecule has 1 unspecified atom stereocenters. The number of hydrogen-bond donors (Lipinski definition) is 0. The average molecular weight is 246 g/mol. The van der Waals surface area contributed by atoms with Crippen LogP contribution in [0.1, 0.15) is 18.4 Å². The minimum Gasteiger partial charge on any atom is -0.493 e. The molecule has 1 aliphatic rings. The van der Waals surface area contributed by atoms with E-state index in [4.69, 9.17) is 14.7 Å². The van der Waals surface area contributed by atoms with E-state index >= 15 is 0 Å². The van der Waals surface area contributed by atoms with Crippen molar-refractivity contribution in [2.75, 3.05) is 27.3 Å². The van der Waals surface area contributed by atoms with Crippen LogP contribution in [-0.2, 0) is 0 Å². The van der Waals surface area contributed by atoms with Gasteiger partial charge in [-0.1, -0.05) is 0 Å². The second-order valence-corrected chi connectivity index (χ2v) is 4.57. The number of hydrogen-bond acceptors (Lipinski definition) is 4. The average Bonchev–Trinajstić information content (AvgIpc) is 2.81. The molecule has 4 nitrogen and oxygen atoms in total. The molecule has 96 valence electrons. The predicted octanol–water partition coefficient (Wildman–Crippen LogP) is 2.04. The van der Waals surface area contributed by atoms with E-state index in [9.17, 15) is 0 Å². The van der Waals surface area contributed by atoms with E-state index < -0.39 is 0 Å². The summed E-state index contributed by atoms with van der Waals surface area (Å²) in [6.07, 6.45) is 2.39. The molecule has 0 N–H and O–H groups in total. The first-order valence-electron chi connectivity index (χ1n) is 6.15. The number of nitriles is 1. The maximum absolute atomic E-state index is 8.89. The van der Waals surface area contributed by atoms with Crippen LogP contribution in [0.15, 0.2) is 18.2 Å². The van der Waals surface area contributed by atoms with Gasteiger partial charge in [0.1, 0.15) is 6.61 Å². The molecular weight excluding hydrogens is 228 g/mol. The van der Waals surface area contributed by atoms with E-state index in [-0.39, 0.29) is 0 Å². The van der Waals surface area contributed by atoms with Gasteiger partial charge in [-0.05, 0) is 38.6 Å². The molecule has 1 aromatic carbocycles. The van der Waals surface area contributed by atoms with Crippen molar-refractivity contribution in [3.63, 3.8) is 0 Å². The molecular formula is C14H18N2O2. The van der Waals surface area contributed by atoms with E-state index in [1.165, 1.54) is 6.42 Å². The lowest BCUT2D eigenvalue weighted by atomic mass is 10.2. The van der Waals surface area contributed by atoms with Crippen molar-refractivity contribution in [2.45, 2.75) is 18.9 Å². The van der Waals surface area contributed by atoms with E-state index in [0.29, 0.717) is 29.7 Å². The number of nitrogens with zero attached hydrogens (tertiary/aromatic N) is 2. The molecule has 1 heterocycles. The Bertz CT molecular complexity index is 454. The van der Waals surface area contributed by atoms with Gasteiger partial charge in [0.15, 0.2) is 11.5 Å². The van der Waals surface area contributed by atoms with Gasteiger partial charge in [0, 0.05) is 12.1 Å². The maximum Gasteiger partial charge on any atom is 0.162 e. The first-order valence-corrected chi connectivity index (χ1v) is 6.15. The van der Waals surface area contributed by atoms with Crippen LogP contribution in [-0.4, -0.2) is 38.3 Å². The summed E-state index contributed by atoms with van der Waals surface area (Å²) in [4.78, 5) is 2.31. The smallest absolute Gasteiger partial charge is 0.162 e. The van der Waals surface area contributed by atoms with Gasteiger partial charge in [0.25, 0.3) is 0 Å². The Labute approximate surface area is 108 Å². The fourth-order valence-electron chi connectivity index (χ4n) is 2.23. The van der Waals surface area contributed by atoms with Crippen molar-refractivity contribution in [3.8, 4) is 17.6 Å². The number of likely N-dealkylation sites (tertiary alicyclic amines) is 1. The van der Waals surface area contributed by atoms with Crippen LogP contribution < -0.4 is 9.47 Å². The van der Waals surface area contributed by atoms with Gasteiger partial charge in [-0.25, -0.2) is 0 Å². The molecule has 4 heteroatoms. The van der Waals surface area contributed by atoms with Crippen molar-refractivity contribution in [2.24, 2.45) is 0 Å². The van der Waals surface area contributed by atoms with Crippen LogP contribution in [0.3, 0.4) is 0 Å². The monoisotopic (exact) mass is 246 g/mol. The lowest BCUT2D eigenvalue weighted by Gasteiger charge is -2.20. The molecule has 1 fully saturated rings. The van der Waals surface area contributed by atoms with Crippen LogP contribution >= 0.6 is 0 Å². The molecule has 1 atom stereocenters. The second kappa shape index (κ2) is 5.74. The van der Waals surface area contributed by atoms with E-state index in [2.05, 4.69) is 18.0 Å². The van der Waals surface area contributed by atoms with Gasteiger partial charge in [-0.2, -0.15) is 5.26 Å². The Hall–Kier alpha value is -1.73. The van der Waals surface area contributed by atoms with Crippen LogP contribution in [0.4, 0.5) is 0 Å². The van der Waals surface area contributed by atoms with Crippen molar-refractivity contribution >= 4 is 0 Å². The van der Waals surface area contributed by atoms with Crippen molar-refractivity contribution < 1.29 is 9.47 Å². The van der Waals surface area contributed by atoms with E-state index in [0.717, 1.165) is 13.0 Å². The standard InChI is InChI=1S/C14H18N2O2/c1-16-7-3-4-12(16)10-18-14-8-11(9-15)5-6-13(14)17-2/h5-6,8,12H,3-4,7,10H2,1-2H3. The minimum absolute atomic E-state index is 0.459. The highest BCUT2D eigenvalue weighted by atomic mass is 16.5. The summed E-state index contributed by atoms with van der Waals surface area (Å²) in [6, 6.07) is 7.80. The van der Waals surface area contributed by atoms with E-state index in [1.807, 2.05) is 0 Å². The molecule has 0 radical (unpaired) electrons. The van der Waals surface area contributed by atoms with Crippen LogP contribution in [0.2, 0.25) is 0 Å². The van der Waals surface area contributed by atoms with Crippen LogP contribution in [0.5, 0.6) is 11.5 Å². The fourth-order valence-corrected chi connectivity index (χ4v) is 2.23. The Kier molecular flexibility index (Phi) is 4.06. The molecule has 0 amide bonds. The lowest BCUT2D eigenvalue weighted by molar-refractivity contribution is 0.193. The van der Waals surface area contributed by atoms with Crippen molar-refractivity contribution in [1.29, 1.82) is 5.26 Å². The molecule has 0 saturated carbocycles.